The Morgan fingerprint density at radius 1 is 1.08 bits per heavy atom. The van der Waals surface area contributed by atoms with E-state index in [1.165, 1.54) is 0 Å². The molecule has 0 aliphatic rings. The Kier molecular flexibility index (Phi) is 4.95. The minimum absolute atomic E-state index is 0.559. The molecule has 25 heavy (non-hydrogen) atoms. The highest BCUT2D eigenvalue weighted by atomic mass is 15.1. The summed E-state index contributed by atoms with van der Waals surface area (Å²) in [6.07, 6.45) is 5.47. The molecular formula is C18H23N7. The van der Waals surface area contributed by atoms with E-state index in [2.05, 4.69) is 15.3 Å². The minimum atomic E-state index is 0.559. The molecule has 0 radical (unpaired) electrons. The number of nitrogens with two attached hydrogens (primary N) is 1. The minimum Gasteiger partial charge on any atom is -0.384 e. The summed E-state index contributed by atoms with van der Waals surface area (Å²) in [6.45, 7) is 1.25. The number of rotatable bonds is 6. The second kappa shape index (κ2) is 7.31. The molecule has 0 aliphatic heterocycles. The van der Waals surface area contributed by atoms with Crippen LogP contribution < -0.4 is 16.0 Å². The van der Waals surface area contributed by atoms with Crippen LogP contribution in [0.2, 0.25) is 0 Å². The zero-order valence-electron chi connectivity index (χ0n) is 14.8. The molecule has 0 aromatic carbocycles. The lowest BCUT2D eigenvalue weighted by atomic mass is 10.2. The average molecular weight is 337 g/mol. The Morgan fingerprint density at radius 2 is 1.88 bits per heavy atom. The Morgan fingerprint density at radius 3 is 2.56 bits per heavy atom. The van der Waals surface area contributed by atoms with Crippen molar-refractivity contribution >= 4 is 11.4 Å². The third kappa shape index (κ3) is 3.77. The molecule has 3 aromatic heterocycles. The van der Waals surface area contributed by atoms with E-state index in [9.17, 15) is 0 Å². The molecule has 0 spiro atoms. The highest BCUT2D eigenvalue weighted by Gasteiger charge is 2.12. The molecule has 130 valence electrons. The average Bonchev–Trinajstić information content (AvgIpc) is 3.06. The van der Waals surface area contributed by atoms with Gasteiger partial charge in [-0.05, 0) is 24.3 Å². The zero-order chi connectivity index (χ0) is 17.8. The molecule has 0 unspecified atom stereocenters. The SMILES string of the molecule is CN(C)c1ccnc(-c2cc(NCCN)cc(-c3nccn3C)n2)c1. The van der Waals surface area contributed by atoms with Crippen LogP contribution in [0.1, 0.15) is 0 Å². The highest BCUT2D eigenvalue weighted by Crippen LogP contribution is 2.26. The molecule has 0 saturated carbocycles. The maximum absolute atomic E-state index is 5.62. The summed E-state index contributed by atoms with van der Waals surface area (Å²) in [5.41, 5.74) is 10.1. The van der Waals surface area contributed by atoms with Gasteiger partial charge in [-0.1, -0.05) is 0 Å². The van der Waals surface area contributed by atoms with Crippen molar-refractivity contribution in [2.45, 2.75) is 0 Å². The maximum Gasteiger partial charge on any atom is 0.158 e. The number of pyridine rings is 2. The Bertz CT molecular complexity index is 854. The van der Waals surface area contributed by atoms with Gasteiger partial charge in [-0.25, -0.2) is 9.97 Å². The Labute approximate surface area is 147 Å². The van der Waals surface area contributed by atoms with Gasteiger partial charge in [0.15, 0.2) is 5.82 Å². The van der Waals surface area contributed by atoms with E-state index in [1.54, 1.807) is 12.4 Å². The van der Waals surface area contributed by atoms with Crippen molar-refractivity contribution < 1.29 is 0 Å². The Hall–Kier alpha value is -2.93. The lowest BCUT2D eigenvalue weighted by molar-refractivity contribution is 0.917. The predicted molar refractivity (Wildman–Crippen MR) is 102 cm³/mol. The van der Waals surface area contributed by atoms with Crippen LogP contribution in [0, 0.1) is 0 Å². The molecule has 0 bridgehead atoms. The van der Waals surface area contributed by atoms with Gasteiger partial charge in [0.1, 0.15) is 5.69 Å². The van der Waals surface area contributed by atoms with Gasteiger partial charge in [0.05, 0.1) is 11.4 Å². The topological polar surface area (TPSA) is 84.9 Å². The van der Waals surface area contributed by atoms with Gasteiger partial charge in [0.2, 0.25) is 0 Å². The summed E-state index contributed by atoms with van der Waals surface area (Å²) in [6, 6.07) is 7.97. The van der Waals surface area contributed by atoms with Gasteiger partial charge in [-0.3, -0.25) is 4.98 Å². The molecule has 3 N–H and O–H groups in total. The molecule has 0 saturated heterocycles. The molecule has 0 atom stereocenters. The Balaban J connectivity index is 2.09. The van der Waals surface area contributed by atoms with E-state index in [1.807, 2.05) is 61.1 Å². The van der Waals surface area contributed by atoms with Crippen molar-refractivity contribution in [1.29, 1.82) is 0 Å². The number of hydrogen-bond acceptors (Lipinski definition) is 6. The van der Waals surface area contributed by atoms with Crippen LogP contribution in [0.5, 0.6) is 0 Å². The molecular weight excluding hydrogens is 314 g/mol. The maximum atomic E-state index is 5.62. The quantitative estimate of drug-likeness (QED) is 0.715. The normalized spacial score (nSPS) is 10.7. The van der Waals surface area contributed by atoms with Gasteiger partial charge in [-0.15, -0.1) is 0 Å². The number of hydrogen-bond donors (Lipinski definition) is 2. The zero-order valence-corrected chi connectivity index (χ0v) is 14.8. The van der Waals surface area contributed by atoms with Crippen molar-refractivity contribution in [2.75, 3.05) is 37.4 Å². The molecule has 0 fully saturated rings. The second-order valence-electron chi connectivity index (χ2n) is 6.00. The monoisotopic (exact) mass is 337 g/mol. The summed E-state index contributed by atoms with van der Waals surface area (Å²) in [5.74, 6) is 0.807. The highest BCUT2D eigenvalue weighted by molar-refractivity contribution is 5.70. The lowest BCUT2D eigenvalue weighted by Gasteiger charge is -2.14. The molecule has 3 aromatic rings. The molecule has 7 nitrogen and oxygen atoms in total. The van der Waals surface area contributed by atoms with Crippen LogP contribution >= 0.6 is 0 Å². The summed E-state index contributed by atoms with van der Waals surface area (Å²) >= 11 is 0. The first kappa shape index (κ1) is 16.9. The van der Waals surface area contributed by atoms with E-state index >= 15 is 0 Å². The molecule has 0 amide bonds. The van der Waals surface area contributed by atoms with Crippen LogP contribution in [0.25, 0.3) is 22.9 Å². The largest absolute Gasteiger partial charge is 0.384 e. The van der Waals surface area contributed by atoms with Gasteiger partial charge in [-0.2, -0.15) is 0 Å². The van der Waals surface area contributed by atoms with Gasteiger partial charge in [0.25, 0.3) is 0 Å². The first-order valence-corrected chi connectivity index (χ1v) is 8.16. The lowest BCUT2D eigenvalue weighted by Crippen LogP contribution is -2.13. The summed E-state index contributed by atoms with van der Waals surface area (Å²) < 4.78 is 1.95. The summed E-state index contributed by atoms with van der Waals surface area (Å²) in [7, 11) is 5.96. The summed E-state index contributed by atoms with van der Waals surface area (Å²) in [4.78, 5) is 15.7. The first-order chi connectivity index (χ1) is 12.1. The van der Waals surface area contributed by atoms with Crippen LogP contribution in [0.15, 0.2) is 42.9 Å². The van der Waals surface area contributed by atoms with Crippen LogP contribution in [-0.2, 0) is 7.05 Å². The van der Waals surface area contributed by atoms with Gasteiger partial charge < -0.3 is 20.5 Å². The van der Waals surface area contributed by atoms with Crippen LogP contribution in [0.4, 0.5) is 11.4 Å². The van der Waals surface area contributed by atoms with E-state index in [-0.39, 0.29) is 0 Å². The van der Waals surface area contributed by atoms with Crippen molar-refractivity contribution in [1.82, 2.24) is 19.5 Å². The van der Waals surface area contributed by atoms with Crippen molar-refractivity contribution in [2.24, 2.45) is 12.8 Å². The molecule has 3 heterocycles. The van der Waals surface area contributed by atoms with Crippen molar-refractivity contribution in [3.8, 4) is 22.9 Å². The third-order valence-electron chi connectivity index (χ3n) is 3.87. The van der Waals surface area contributed by atoms with Crippen LogP contribution in [0.3, 0.4) is 0 Å². The number of anilines is 2. The number of aromatic nitrogens is 4. The number of imidazole rings is 1. The number of nitrogens with one attached hydrogen (secondary N) is 1. The number of aryl methyl sites for hydroxylation is 1. The molecule has 3 rings (SSSR count). The van der Waals surface area contributed by atoms with E-state index in [4.69, 9.17) is 10.7 Å². The fourth-order valence-corrected chi connectivity index (χ4v) is 2.54. The van der Waals surface area contributed by atoms with Crippen molar-refractivity contribution in [3.63, 3.8) is 0 Å². The van der Waals surface area contributed by atoms with Gasteiger partial charge >= 0.3 is 0 Å². The molecule has 0 aliphatic carbocycles. The van der Waals surface area contributed by atoms with E-state index < -0.39 is 0 Å². The third-order valence-corrected chi connectivity index (χ3v) is 3.87. The fourth-order valence-electron chi connectivity index (χ4n) is 2.54. The van der Waals surface area contributed by atoms with E-state index in [0.717, 1.165) is 34.3 Å². The standard InChI is InChI=1S/C18H23N7/c1-24(2)14-4-6-21-15(12-14)16-10-13(20-7-5-19)11-17(23-16)18-22-8-9-25(18)3/h4,6,8-12H,5,7,19H2,1-3H3,(H,20,23). The summed E-state index contributed by atoms with van der Waals surface area (Å²) in [5, 5.41) is 3.32. The second-order valence-corrected chi connectivity index (χ2v) is 6.00. The van der Waals surface area contributed by atoms with E-state index in [0.29, 0.717) is 13.1 Å². The fraction of sp³-hybridized carbons (Fsp3) is 0.278. The van der Waals surface area contributed by atoms with Crippen LogP contribution in [-0.4, -0.2) is 46.7 Å². The van der Waals surface area contributed by atoms with Gasteiger partial charge in [0, 0.05) is 64.2 Å². The number of nitrogens with zero attached hydrogens (tertiary/aromatic N) is 5. The molecule has 7 heteroatoms. The smallest absolute Gasteiger partial charge is 0.158 e. The first-order valence-electron chi connectivity index (χ1n) is 8.16. The predicted octanol–water partition coefficient (Wildman–Crippen LogP) is 1.98. The van der Waals surface area contributed by atoms with Crippen molar-refractivity contribution in [3.05, 3.63) is 42.9 Å².